The Morgan fingerprint density at radius 1 is 1.03 bits per heavy atom. The van der Waals surface area contributed by atoms with Gasteiger partial charge in [0.15, 0.2) is 0 Å². The molecule has 37 heavy (non-hydrogen) atoms. The van der Waals surface area contributed by atoms with Crippen LogP contribution in [0.1, 0.15) is 68.4 Å². The molecule has 9 nitrogen and oxygen atoms in total. The van der Waals surface area contributed by atoms with Crippen LogP contribution in [-0.4, -0.2) is 69.3 Å². The lowest BCUT2D eigenvalue weighted by atomic mass is 9.90. The van der Waals surface area contributed by atoms with Gasteiger partial charge in [-0.3, -0.25) is 4.79 Å². The maximum absolute atomic E-state index is 13.2. The van der Waals surface area contributed by atoms with Gasteiger partial charge in [0.2, 0.25) is 5.95 Å². The molecule has 2 aromatic heterocycles. The van der Waals surface area contributed by atoms with Crippen LogP contribution in [-0.2, 0) is 10.9 Å². The molecule has 0 aromatic carbocycles. The van der Waals surface area contributed by atoms with Crippen LogP contribution in [0.4, 0.5) is 23.9 Å². The quantitative estimate of drug-likeness (QED) is 0.645. The summed E-state index contributed by atoms with van der Waals surface area (Å²) >= 11 is 0. The van der Waals surface area contributed by atoms with Crippen LogP contribution in [0, 0.1) is 0 Å². The minimum absolute atomic E-state index is 0.0245. The average Bonchev–Trinajstić information content (AvgIpc) is 3.32. The molecule has 3 heterocycles. The Balaban J connectivity index is 1.35. The highest BCUT2D eigenvalue weighted by Gasteiger charge is 2.33. The van der Waals surface area contributed by atoms with E-state index < -0.39 is 23.4 Å². The first-order valence-corrected chi connectivity index (χ1v) is 12.5. The fourth-order valence-electron chi connectivity index (χ4n) is 4.76. The fraction of sp³-hybridized carbons (Fsp3) is 0.600. The summed E-state index contributed by atoms with van der Waals surface area (Å²) in [6.07, 6.45) is 4.09. The zero-order chi connectivity index (χ0) is 26.8. The predicted octanol–water partition coefficient (Wildman–Crippen LogP) is 4.27. The van der Waals surface area contributed by atoms with E-state index in [9.17, 15) is 22.8 Å². The molecule has 0 spiro atoms. The van der Waals surface area contributed by atoms with Crippen LogP contribution >= 0.6 is 0 Å². The summed E-state index contributed by atoms with van der Waals surface area (Å²) in [6.45, 7) is 7.12. The zero-order valence-corrected chi connectivity index (χ0v) is 21.3. The number of amides is 2. The van der Waals surface area contributed by atoms with Crippen molar-refractivity contribution in [3.63, 3.8) is 0 Å². The summed E-state index contributed by atoms with van der Waals surface area (Å²) in [4.78, 5) is 36.7. The predicted molar refractivity (Wildman–Crippen MR) is 130 cm³/mol. The number of nitrogens with zero attached hydrogens (tertiary/aromatic N) is 5. The van der Waals surface area contributed by atoms with E-state index in [2.05, 4.69) is 15.3 Å². The third kappa shape index (κ3) is 6.72. The van der Waals surface area contributed by atoms with Gasteiger partial charge in [-0.25, -0.2) is 14.8 Å². The van der Waals surface area contributed by atoms with Crippen molar-refractivity contribution < 1.29 is 27.5 Å². The molecule has 4 rings (SSSR count). The summed E-state index contributed by atoms with van der Waals surface area (Å²) in [5, 5.41) is 3.00. The molecule has 2 fully saturated rings. The molecule has 0 bridgehead atoms. The van der Waals surface area contributed by atoms with Gasteiger partial charge in [-0.2, -0.15) is 13.2 Å². The summed E-state index contributed by atoms with van der Waals surface area (Å²) in [5.41, 5.74) is -0.916. The van der Waals surface area contributed by atoms with Crippen LogP contribution in [0.3, 0.4) is 0 Å². The lowest BCUT2D eigenvalue weighted by Crippen LogP contribution is -2.49. The Bertz CT molecular complexity index is 1090. The second kappa shape index (κ2) is 10.6. The van der Waals surface area contributed by atoms with Crippen LogP contribution in [0.5, 0.6) is 0 Å². The third-order valence-electron chi connectivity index (χ3n) is 6.59. The number of piperazine rings is 1. The van der Waals surface area contributed by atoms with Crippen molar-refractivity contribution in [1.82, 2.24) is 24.8 Å². The number of hydrogen-bond donors (Lipinski definition) is 1. The van der Waals surface area contributed by atoms with E-state index in [4.69, 9.17) is 4.74 Å². The molecule has 1 aliphatic carbocycles. The van der Waals surface area contributed by atoms with Crippen molar-refractivity contribution in [1.29, 1.82) is 0 Å². The normalized spacial score (nSPS) is 21.0. The average molecular weight is 523 g/mol. The van der Waals surface area contributed by atoms with Crippen LogP contribution in [0.25, 0.3) is 0 Å². The molecule has 2 aromatic rings. The topological polar surface area (TPSA) is 92.6 Å². The van der Waals surface area contributed by atoms with Gasteiger partial charge < -0.3 is 24.4 Å². The summed E-state index contributed by atoms with van der Waals surface area (Å²) in [6, 6.07) is 1.72. The molecule has 2 aliphatic rings. The number of alkyl halides is 3. The molecule has 2 atom stereocenters. The van der Waals surface area contributed by atoms with Gasteiger partial charge in [0, 0.05) is 51.0 Å². The van der Waals surface area contributed by atoms with Gasteiger partial charge in [-0.15, -0.1) is 0 Å². The van der Waals surface area contributed by atoms with Crippen LogP contribution < -0.4 is 10.2 Å². The highest BCUT2D eigenvalue weighted by atomic mass is 19.4. The maximum Gasteiger partial charge on any atom is 0.419 e. The summed E-state index contributed by atoms with van der Waals surface area (Å²) < 4.78 is 45.7. The van der Waals surface area contributed by atoms with Crippen molar-refractivity contribution in [3.05, 3.63) is 42.0 Å². The highest BCUT2D eigenvalue weighted by Crippen LogP contribution is 2.30. The first kappa shape index (κ1) is 26.7. The Morgan fingerprint density at radius 3 is 2.30 bits per heavy atom. The van der Waals surface area contributed by atoms with Gasteiger partial charge >= 0.3 is 12.3 Å². The maximum atomic E-state index is 13.2. The molecule has 1 saturated carbocycles. The Hall–Kier alpha value is -3.31. The number of ether oxygens (including phenoxy) is 1. The molecular formula is C25H33F3N6O3. The van der Waals surface area contributed by atoms with E-state index in [1.54, 1.807) is 15.9 Å². The number of carbonyl (C=O) groups is 2. The van der Waals surface area contributed by atoms with E-state index >= 15 is 0 Å². The fourth-order valence-corrected chi connectivity index (χ4v) is 4.76. The minimum Gasteiger partial charge on any atom is -0.444 e. The largest absolute Gasteiger partial charge is 0.444 e. The Labute approximate surface area is 214 Å². The van der Waals surface area contributed by atoms with E-state index in [1.165, 1.54) is 0 Å². The second-order valence-corrected chi connectivity index (χ2v) is 10.5. The summed E-state index contributed by atoms with van der Waals surface area (Å²) in [7, 11) is 0. The molecule has 1 N–H and O–H groups in total. The number of anilines is 1. The van der Waals surface area contributed by atoms with Gasteiger partial charge in [-0.1, -0.05) is 12.8 Å². The SMILES string of the molecule is CC(C)(C)OC(=O)N[C@@H]1CCCC[C@@H]1n1ccc(C(=O)N2CCN(c3ncc(C(F)(F)F)cn3)CC2)c1. The molecule has 12 heteroatoms. The van der Waals surface area contributed by atoms with Crippen molar-refractivity contribution in [2.45, 2.75) is 70.3 Å². The molecule has 2 amide bonds. The lowest BCUT2D eigenvalue weighted by Gasteiger charge is -2.35. The second-order valence-electron chi connectivity index (χ2n) is 10.5. The highest BCUT2D eigenvalue weighted by molar-refractivity contribution is 5.94. The minimum atomic E-state index is -4.48. The number of halogens is 3. The number of hydrogen-bond acceptors (Lipinski definition) is 6. The van der Waals surface area contributed by atoms with E-state index in [0.717, 1.165) is 38.1 Å². The van der Waals surface area contributed by atoms with Crippen LogP contribution in [0.2, 0.25) is 0 Å². The lowest BCUT2D eigenvalue weighted by molar-refractivity contribution is -0.138. The monoisotopic (exact) mass is 522 g/mol. The molecule has 0 radical (unpaired) electrons. The first-order chi connectivity index (χ1) is 17.4. The third-order valence-corrected chi connectivity index (χ3v) is 6.59. The van der Waals surface area contributed by atoms with Gasteiger partial charge in [-0.05, 0) is 39.7 Å². The van der Waals surface area contributed by atoms with Crippen LogP contribution in [0.15, 0.2) is 30.9 Å². The standard InChI is InChI=1S/C25H33F3N6O3/c1-24(2,3)37-23(36)31-19-6-4-5-7-20(19)34-9-8-17(16-34)21(35)32-10-12-33(13-11-32)22-29-14-18(15-30-22)25(26,27)28/h8-9,14-16,19-20H,4-7,10-13H2,1-3H3,(H,31,36)/t19-,20+/m1/s1. The van der Waals surface area contributed by atoms with Crippen molar-refractivity contribution in [2.24, 2.45) is 0 Å². The number of rotatable bonds is 4. The Kier molecular flexibility index (Phi) is 7.65. The first-order valence-electron chi connectivity index (χ1n) is 12.5. The molecular weight excluding hydrogens is 489 g/mol. The number of nitrogens with one attached hydrogen (secondary N) is 1. The molecule has 1 aliphatic heterocycles. The van der Waals surface area contributed by atoms with Crippen molar-refractivity contribution in [2.75, 3.05) is 31.1 Å². The Morgan fingerprint density at radius 2 is 1.68 bits per heavy atom. The van der Waals surface area contributed by atoms with Gasteiger partial charge in [0.25, 0.3) is 5.91 Å². The zero-order valence-electron chi connectivity index (χ0n) is 21.3. The van der Waals surface area contributed by atoms with E-state index in [-0.39, 0.29) is 23.9 Å². The van der Waals surface area contributed by atoms with Crippen molar-refractivity contribution in [3.8, 4) is 0 Å². The van der Waals surface area contributed by atoms with Gasteiger partial charge in [0.1, 0.15) is 5.60 Å². The number of aromatic nitrogens is 3. The molecule has 1 saturated heterocycles. The number of alkyl carbamates (subject to hydrolysis) is 1. The molecule has 0 unspecified atom stereocenters. The smallest absolute Gasteiger partial charge is 0.419 e. The van der Waals surface area contributed by atoms with Crippen molar-refractivity contribution >= 4 is 17.9 Å². The van der Waals surface area contributed by atoms with E-state index in [1.807, 2.05) is 37.7 Å². The number of carbonyl (C=O) groups excluding carboxylic acids is 2. The molecule has 202 valence electrons. The van der Waals surface area contributed by atoms with Gasteiger partial charge in [0.05, 0.1) is 23.2 Å². The summed E-state index contributed by atoms with van der Waals surface area (Å²) in [5.74, 6) is 0.103. The van der Waals surface area contributed by atoms with E-state index in [0.29, 0.717) is 31.7 Å².